The summed E-state index contributed by atoms with van der Waals surface area (Å²) in [7, 11) is 0. The summed E-state index contributed by atoms with van der Waals surface area (Å²) in [6.45, 7) is 0. The van der Waals surface area contributed by atoms with Gasteiger partial charge in [-0.3, -0.25) is 0 Å². The molecule has 16 rings (SSSR count). The molecule has 16 fully saturated rings. The molecule has 0 aromatic heterocycles. The maximum absolute atomic E-state index is 1.74. The third-order valence-electron chi connectivity index (χ3n) is 13.8. The Morgan fingerprint density at radius 1 is 0.565 bits per heavy atom. The Hall–Kier alpha value is 0. The van der Waals surface area contributed by atoms with Gasteiger partial charge in [-0.05, 0) is 139 Å². The Kier molecular flexibility index (Phi) is 1.16. The van der Waals surface area contributed by atoms with Crippen LogP contribution in [0.2, 0.25) is 0 Å². The van der Waals surface area contributed by atoms with Crippen LogP contribution in [0.25, 0.3) is 0 Å². The highest BCUT2D eigenvalue weighted by molar-refractivity contribution is 5.49. The van der Waals surface area contributed by atoms with Crippen molar-refractivity contribution in [2.45, 2.75) is 57.8 Å². The van der Waals surface area contributed by atoms with E-state index >= 15 is 0 Å². The Labute approximate surface area is 139 Å². The van der Waals surface area contributed by atoms with Gasteiger partial charge in [0.2, 0.25) is 0 Å². The van der Waals surface area contributed by atoms with E-state index in [4.69, 9.17) is 0 Å². The van der Waals surface area contributed by atoms with Gasteiger partial charge in [-0.25, -0.2) is 0 Å². The lowest BCUT2D eigenvalue weighted by Crippen LogP contribution is -3.01. The van der Waals surface area contributed by atoms with Gasteiger partial charge in [0.15, 0.2) is 0 Å². The second kappa shape index (κ2) is 2.44. The summed E-state index contributed by atoms with van der Waals surface area (Å²) in [6, 6.07) is 0. The summed E-state index contributed by atoms with van der Waals surface area (Å²) >= 11 is 0. The van der Waals surface area contributed by atoms with E-state index in [9.17, 15) is 0 Å². The van der Waals surface area contributed by atoms with Gasteiger partial charge in [-0.1, -0.05) is 0 Å². The fraction of sp³-hybridized carbons (Fsp3) is 1.00. The van der Waals surface area contributed by atoms with Gasteiger partial charge in [0, 0.05) is 0 Å². The van der Waals surface area contributed by atoms with Crippen LogP contribution in [0.5, 0.6) is 0 Å². The van der Waals surface area contributed by atoms with E-state index in [2.05, 4.69) is 0 Å². The number of rotatable bonds is 0. The Morgan fingerprint density at radius 3 is 1.74 bits per heavy atom. The molecule has 0 N–H and O–H groups in total. The summed E-state index contributed by atoms with van der Waals surface area (Å²) in [5.41, 5.74) is 3.80. The highest BCUT2D eigenvalue weighted by atomic mass is 15.1. The molecule has 23 heavy (non-hydrogen) atoms. The van der Waals surface area contributed by atoms with Crippen molar-refractivity contribution >= 4 is 0 Å². The minimum atomic E-state index is 0.936. The quantitative estimate of drug-likeness (QED) is 0.606. The number of hydrogen-bond acceptors (Lipinski definition) is 0. The van der Waals surface area contributed by atoms with E-state index in [1.807, 2.05) is 0 Å². The standard InChI is InChI=1S/C23H28/c1-12-8-20-6-10-2-14-18(20)13(1)19-15-3-11-5-17-22(14,15)16(4-10)23(17,20)21(19,7-11)9-12/h10-19H,1-9H2. The molecule has 0 aliphatic heterocycles. The third-order valence-corrected chi connectivity index (χ3v) is 13.8. The minimum Gasteiger partial charge on any atom is -0.0470 e. The van der Waals surface area contributed by atoms with E-state index in [0.29, 0.717) is 0 Å². The molecule has 16 aliphatic carbocycles. The summed E-state index contributed by atoms with van der Waals surface area (Å²) in [5.74, 6) is 12.4. The van der Waals surface area contributed by atoms with Crippen LogP contribution in [0.3, 0.4) is 0 Å². The van der Waals surface area contributed by atoms with Gasteiger partial charge >= 0.3 is 0 Å². The van der Waals surface area contributed by atoms with Gasteiger partial charge in [-0.15, -0.1) is 0 Å². The van der Waals surface area contributed by atoms with Crippen molar-refractivity contribution in [3.8, 4) is 0 Å². The molecule has 16 saturated carbocycles. The highest BCUT2D eigenvalue weighted by Crippen LogP contribution is 3.07. The summed E-state index contributed by atoms with van der Waals surface area (Å²) in [4.78, 5) is 0. The van der Waals surface area contributed by atoms with Crippen LogP contribution >= 0.6 is 0 Å². The first-order chi connectivity index (χ1) is 11.3. The third kappa shape index (κ3) is 0.591. The van der Waals surface area contributed by atoms with E-state index in [-0.39, 0.29) is 0 Å². The normalized spacial score (nSPS) is 89.7. The molecule has 4 spiro atoms. The highest BCUT2D eigenvalue weighted by Gasteiger charge is 3.02. The zero-order chi connectivity index (χ0) is 14.1. The first kappa shape index (κ1) is 10.9. The molecule has 10 atom stereocenters. The van der Waals surface area contributed by atoms with E-state index in [1.54, 1.807) is 57.8 Å². The van der Waals surface area contributed by atoms with Gasteiger partial charge in [0.1, 0.15) is 0 Å². The maximum atomic E-state index is 1.74. The van der Waals surface area contributed by atoms with Crippen LogP contribution in [0.4, 0.5) is 0 Å². The molecule has 0 radical (unpaired) electrons. The van der Waals surface area contributed by atoms with Crippen molar-refractivity contribution in [2.75, 3.05) is 0 Å². The van der Waals surface area contributed by atoms with Crippen LogP contribution < -0.4 is 0 Å². The largest absolute Gasteiger partial charge is 0.0470 e. The second-order valence-electron chi connectivity index (χ2n) is 12.8. The van der Waals surface area contributed by atoms with Crippen LogP contribution in [0.1, 0.15) is 57.8 Å². The van der Waals surface area contributed by atoms with Crippen molar-refractivity contribution < 1.29 is 0 Å². The van der Waals surface area contributed by atoms with Crippen molar-refractivity contribution in [2.24, 2.45) is 80.8 Å². The molecule has 120 valence electrons. The molecule has 0 nitrogen and oxygen atoms in total. The molecule has 10 unspecified atom stereocenters. The summed E-state index contributed by atoms with van der Waals surface area (Å²) in [6.07, 6.45) is 15.6. The van der Waals surface area contributed by atoms with Gasteiger partial charge < -0.3 is 0 Å². The Bertz CT molecular complexity index is 681. The SMILES string of the molecule is C1C2CC34CC5CC6C3C1C1C3CC7CC8C63C(C5)C84C1(C7)C2. The lowest BCUT2D eigenvalue weighted by Gasteiger charge is -3.05. The van der Waals surface area contributed by atoms with Crippen molar-refractivity contribution in [1.29, 1.82) is 0 Å². The molecule has 0 aromatic carbocycles. The molecule has 0 saturated heterocycles. The van der Waals surface area contributed by atoms with Crippen LogP contribution in [0.15, 0.2) is 0 Å². The second-order valence-corrected chi connectivity index (χ2v) is 12.8. The lowest BCUT2D eigenvalue weighted by molar-refractivity contribution is -0.585. The fourth-order valence-electron chi connectivity index (χ4n) is 15.7. The first-order valence-electron chi connectivity index (χ1n) is 11.3. The molecule has 16 aliphatic rings. The monoisotopic (exact) mass is 304 g/mol. The van der Waals surface area contributed by atoms with Crippen molar-refractivity contribution in [3.05, 3.63) is 0 Å². The van der Waals surface area contributed by atoms with Crippen LogP contribution in [0, 0.1) is 80.8 Å². The Morgan fingerprint density at radius 2 is 1.13 bits per heavy atom. The van der Waals surface area contributed by atoms with Crippen molar-refractivity contribution in [1.82, 2.24) is 0 Å². The van der Waals surface area contributed by atoms with Gasteiger partial charge in [-0.2, -0.15) is 0 Å². The predicted octanol–water partition coefficient (Wildman–Crippen LogP) is 4.74. The lowest BCUT2D eigenvalue weighted by atomic mass is 8.98. The van der Waals surface area contributed by atoms with Crippen LogP contribution in [-0.4, -0.2) is 0 Å². The fourth-order valence-corrected chi connectivity index (χ4v) is 15.7. The topological polar surface area (TPSA) is 0 Å². The average molecular weight is 304 g/mol. The maximum Gasteiger partial charge on any atom is -0.0110 e. The van der Waals surface area contributed by atoms with E-state index < -0.39 is 0 Å². The molecule has 0 heteroatoms. The first-order valence-corrected chi connectivity index (χ1v) is 11.3. The smallest absolute Gasteiger partial charge is 0.0110 e. The predicted molar refractivity (Wildman–Crippen MR) is 86.2 cm³/mol. The zero-order valence-corrected chi connectivity index (χ0v) is 14.1. The average Bonchev–Trinajstić information content (AvgIpc) is 2.50. The van der Waals surface area contributed by atoms with E-state index in [1.165, 1.54) is 59.2 Å². The minimum absolute atomic E-state index is 0.936. The molecule has 0 aromatic rings. The molecular weight excluding hydrogens is 276 g/mol. The summed E-state index contributed by atoms with van der Waals surface area (Å²) in [5, 5.41) is 0. The zero-order valence-electron chi connectivity index (χ0n) is 14.1. The van der Waals surface area contributed by atoms with Crippen molar-refractivity contribution in [3.63, 3.8) is 0 Å². The van der Waals surface area contributed by atoms with Gasteiger partial charge in [0.05, 0.1) is 0 Å². The molecule has 0 amide bonds. The van der Waals surface area contributed by atoms with Gasteiger partial charge in [0.25, 0.3) is 0 Å². The number of hydrogen-bond donors (Lipinski definition) is 0. The summed E-state index contributed by atoms with van der Waals surface area (Å²) < 4.78 is 0. The molecule has 14 bridgehead atoms. The van der Waals surface area contributed by atoms with E-state index in [0.717, 1.165) is 21.7 Å². The molecular formula is C23H28. The van der Waals surface area contributed by atoms with Crippen LogP contribution in [-0.2, 0) is 0 Å². The molecule has 0 heterocycles. The Balaban J connectivity index is 1.46.